The van der Waals surface area contributed by atoms with Crippen molar-refractivity contribution in [1.29, 1.82) is 5.26 Å². The van der Waals surface area contributed by atoms with Gasteiger partial charge >= 0.3 is 0 Å². The van der Waals surface area contributed by atoms with Crippen LogP contribution in [0.2, 0.25) is 0 Å². The molecule has 2 aromatic carbocycles. The van der Waals surface area contributed by atoms with Gasteiger partial charge < -0.3 is 16.2 Å². The van der Waals surface area contributed by atoms with Gasteiger partial charge in [0.1, 0.15) is 5.75 Å². The molecule has 2 rings (SSSR count). The zero-order valence-corrected chi connectivity index (χ0v) is 12.4. The number of nitrogen functional groups attached to an aromatic ring is 2. The van der Waals surface area contributed by atoms with Gasteiger partial charge in [-0.3, -0.25) is 0 Å². The Labute approximate surface area is 130 Å². The Balaban J connectivity index is 0.00000180. The van der Waals surface area contributed by atoms with Gasteiger partial charge in [-0.15, -0.1) is 24.8 Å². The molecule has 0 heterocycles. The monoisotopic (exact) mass is 311 g/mol. The molecule has 6 heteroatoms. The van der Waals surface area contributed by atoms with Crippen molar-refractivity contribution in [3.63, 3.8) is 0 Å². The van der Waals surface area contributed by atoms with Crippen LogP contribution < -0.4 is 16.2 Å². The second-order valence-electron chi connectivity index (χ2n) is 3.87. The third-order valence-corrected chi connectivity index (χ3v) is 2.70. The number of nitrogens with two attached hydrogens (primary N) is 2. The van der Waals surface area contributed by atoms with Crippen molar-refractivity contribution in [2.75, 3.05) is 18.6 Å². The summed E-state index contributed by atoms with van der Waals surface area (Å²) >= 11 is 0. The molecule has 0 amide bonds. The number of hydrogen-bond donors (Lipinski definition) is 2. The van der Waals surface area contributed by atoms with E-state index >= 15 is 0 Å². The summed E-state index contributed by atoms with van der Waals surface area (Å²) in [7, 11) is 1.58. The largest absolute Gasteiger partial charge is 0.496 e. The summed E-state index contributed by atoms with van der Waals surface area (Å²) in [4.78, 5) is 0. The SMILES string of the molecule is COc1ccc(C#N)cc1-c1cc(N)ccc1N.Cl.Cl. The third-order valence-electron chi connectivity index (χ3n) is 2.70. The Morgan fingerprint density at radius 2 is 1.70 bits per heavy atom. The molecule has 2 aromatic rings. The van der Waals surface area contributed by atoms with E-state index in [0.29, 0.717) is 22.7 Å². The van der Waals surface area contributed by atoms with Crippen LogP contribution in [0.25, 0.3) is 11.1 Å². The molecule has 0 aromatic heterocycles. The summed E-state index contributed by atoms with van der Waals surface area (Å²) in [6.07, 6.45) is 0. The highest BCUT2D eigenvalue weighted by Crippen LogP contribution is 2.35. The lowest BCUT2D eigenvalue weighted by Gasteiger charge is -2.11. The van der Waals surface area contributed by atoms with Crippen LogP contribution >= 0.6 is 24.8 Å². The van der Waals surface area contributed by atoms with Gasteiger partial charge in [0.25, 0.3) is 0 Å². The van der Waals surface area contributed by atoms with E-state index in [4.69, 9.17) is 21.5 Å². The lowest BCUT2D eigenvalue weighted by Crippen LogP contribution is -1.95. The number of methoxy groups -OCH3 is 1. The maximum Gasteiger partial charge on any atom is 0.126 e. The van der Waals surface area contributed by atoms with Crippen LogP contribution in [0.4, 0.5) is 11.4 Å². The van der Waals surface area contributed by atoms with Crippen molar-refractivity contribution in [1.82, 2.24) is 0 Å². The van der Waals surface area contributed by atoms with E-state index in [1.54, 1.807) is 43.5 Å². The molecule has 4 nitrogen and oxygen atoms in total. The van der Waals surface area contributed by atoms with Gasteiger partial charge in [-0.2, -0.15) is 5.26 Å². The van der Waals surface area contributed by atoms with Crippen LogP contribution in [0.15, 0.2) is 36.4 Å². The van der Waals surface area contributed by atoms with Crippen LogP contribution in [0.3, 0.4) is 0 Å². The van der Waals surface area contributed by atoms with Gasteiger partial charge in [-0.25, -0.2) is 0 Å². The second-order valence-corrected chi connectivity index (χ2v) is 3.87. The van der Waals surface area contributed by atoms with E-state index in [1.165, 1.54) is 0 Å². The van der Waals surface area contributed by atoms with E-state index in [0.717, 1.165) is 11.1 Å². The van der Waals surface area contributed by atoms with E-state index < -0.39 is 0 Å². The molecule has 0 aliphatic carbocycles. The first kappa shape index (κ1) is 17.9. The first-order valence-corrected chi connectivity index (χ1v) is 5.39. The van der Waals surface area contributed by atoms with Gasteiger partial charge in [0.2, 0.25) is 0 Å². The van der Waals surface area contributed by atoms with E-state index in [1.807, 2.05) is 0 Å². The fraction of sp³-hybridized carbons (Fsp3) is 0.0714. The smallest absolute Gasteiger partial charge is 0.126 e. The minimum atomic E-state index is 0. The average Bonchev–Trinajstić information content (AvgIpc) is 2.40. The number of ether oxygens (including phenoxy) is 1. The van der Waals surface area contributed by atoms with Gasteiger partial charge in [-0.1, -0.05) is 0 Å². The number of nitriles is 1. The first-order chi connectivity index (χ1) is 8.65. The number of rotatable bonds is 2. The number of nitrogens with zero attached hydrogens (tertiary/aromatic N) is 1. The van der Waals surface area contributed by atoms with Crippen molar-refractivity contribution in [3.05, 3.63) is 42.0 Å². The Morgan fingerprint density at radius 3 is 2.30 bits per heavy atom. The number of halogens is 2. The zero-order valence-electron chi connectivity index (χ0n) is 10.8. The Morgan fingerprint density at radius 1 is 1.00 bits per heavy atom. The minimum Gasteiger partial charge on any atom is -0.496 e. The maximum atomic E-state index is 8.95. The normalized spacial score (nSPS) is 8.80. The summed E-state index contributed by atoms with van der Waals surface area (Å²) in [6.45, 7) is 0. The molecular formula is C14H15Cl2N3O. The van der Waals surface area contributed by atoms with E-state index in [2.05, 4.69) is 6.07 Å². The molecule has 0 fully saturated rings. The second kappa shape index (κ2) is 7.49. The zero-order chi connectivity index (χ0) is 13.1. The minimum absolute atomic E-state index is 0. The molecule has 0 atom stereocenters. The Bertz CT molecular complexity index is 639. The summed E-state index contributed by atoms with van der Waals surface area (Å²) in [5.74, 6) is 0.659. The van der Waals surface area contributed by atoms with Gasteiger partial charge in [0, 0.05) is 22.5 Å². The highest BCUT2D eigenvalue weighted by Gasteiger charge is 2.10. The van der Waals surface area contributed by atoms with Crippen LogP contribution in [0.5, 0.6) is 5.75 Å². The summed E-state index contributed by atoms with van der Waals surface area (Å²) in [5.41, 5.74) is 15.0. The van der Waals surface area contributed by atoms with Gasteiger partial charge in [-0.05, 0) is 36.4 Å². The summed E-state index contributed by atoms with van der Waals surface area (Å²) < 4.78 is 5.29. The van der Waals surface area contributed by atoms with E-state index in [9.17, 15) is 0 Å². The third kappa shape index (κ3) is 3.47. The quantitative estimate of drug-likeness (QED) is 0.834. The lowest BCUT2D eigenvalue weighted by molar-refractivity contribution is 0.416. The van der Waals surface area contributed by atoms with Crippen LogP contribution in [0.1, 0.15) is 5.56 Å². The average molecular weight is 312 g/mol. The first-order valence-electron chi connectivity index (χ1n) is 5.39. The molecule has 0 spiro atoms. The van der Waals surface area contributed by atoms with Gasteiger partial charge in [0.15, 0.2) is 0 Å². The summed E-state index contributed by atoms with van der Waals surface area (Å²) in [5, 5.41) is 8.95. The number of benzene rings is 2. The Hall–Kier alpha value is -2.09. The van der Waals surface area contributed by atoms with Gasteiger partial charge in [0.05, 0.1) is 18.7 Å². The predicted molar refractivity (Wildman–Crippen MR) is 86.5 cm³/mol. The van der Waals surface area contributed by atoms with Crippen LogP contribution in [-0.2, 0) is 0 Å². The molecule has 0 saturated heterocycles. The van der Waals surface area contributed by atoms with Crippen molar-refractivity contribution in [2.45, 2.75) is 0 Å². The Kier molecular flexibility index (Phi) is 6.70. The van der Waals surface area contributed by atoms with Crippen molar-refractivity contribution < 1.29 is 4.74 Å². The standard InChI is InChI=1S/C14H13N3O.2ClH/c1-18-14-5-2-9(8-15)6-12(14)11-7-10(16)3-4-13(11)17;;/h2-7H,16-17H2,1H3;2*1H. The maximum absolute atomic E-state index is 8.95. The topological polar surface area (TPSA) is 85.1 Å². The molecule has 0 saturated carbocycles. The van der Waals surface area contributed by atoms with Crippen LogP contribution in [0, 0.1) is 11.3 Å². The molecule has 4 N–H and O–H groups in total. The molecule has 0 bridgehead atoms. The molecule has 0 aliphatic rings. The lowest BCUT2D eigenvalue weighted by atomic mass is 10.00. The molecule has 20 heavy (non-hydrogen) atoms. The molecular weight excluding hydrogens is 297 g/mol. The molecule has 0 aliphatic heterocycles. The molecule has 0 radical (unpaired) electrons. The van der Waals surface area contributed by atoms with Crippen LogP contribution in [-0.4, -0.2) is 7.11 Å². The molecule has 106 valence electrons. The van der Waals surface area contributed by atoms with Crippen molar-refractivity contribution >= 4 is 36.2 Å². The fourth-order valence-electron chi connectivity index (χ4n) is 1.80. The summed E-state index contributed by atoms with van der Waals surface area (Å²) in [6, 6.07) is 12.5. The fourth-order valence-corrected chi connectivity index (χ4v) is 1.80. The van der Waals surface area contributed by atoms with Crippen molar-refractivity contribution in [2.24, 2.45) is 0 Å². The molecule has 0 unspecified atom stereocenters. The number of anilines is 2. The van der Waals surface area contributed by atoms with Crippen molar-refractivity contribution in [3.8, 4) is 22.9 Å². The number of hydrogen-bond acceptors (Lipinski definition) is 4. The highest BCUT2D eigenvalue weighted by molar-refractivity contribution is 5.85. The van der Waals surface area contributed by atoms with E-state index in [-0.39, 0.29) is 24.8 Å². The predicted octanol–water partition coefficient (Wildman–Crippen LogP) is 3.24. The highest BCUT2D eigenvalue weighted by atomic mass is 35.5.